The molecule has 0 unspecified atom stereocenters. The summed E-state index contributed by atoms with van der Waals surface area (Å²) in [6.45, 7) is 0. The molecule has 0 aliphatic heterocycles. The fraction of sp³-hybridized carbons (Fsp3) is 0. The van der Waals surface area contributed by atoms with E-state index in [1.54, 1.807) is 6.33 Å². The zero-order valence-electron chi connectivity index (χ0n) is 11.2. The third-order valence-corrected chi connectivity index (χ3v) is 3.44. The zero-order chi connectivity index (χ0) is 14.1. The van der Waals surface area contributed by atoms with E-state index in [-0.39, 0.29) is 0 Å². The van der Waals surface area contributed by atoms with Crippen LogP contribution >= 0.6 is 0 Å². The molecule has 0 amide bonds. The number of rotatable bonds is 2. The molecule has 2 aromatic carbocycles. The van der Waals surface area contributed by atoms with Gasteiger partial charge in [-0.3, -0.25) is 4.57 Å². The molecule has 4 heteroatoms. The van der Waals surface area contributed by atoms with Gasteiger partial charge < -0.3 is 0 Å². The largest absolute Gasteiger partial charge is 0.300 e. The van der Waals surface area contributed by atoms with Crippen LogP contribution in [-0.4, -0.2) is 19.5 Å². The Balaban J connectivity index is 1.88. The van der Waals surface area contributed by atoms with E-state index in [9.17, 15) is 0 Å². The first-order valence-corrected chi connectivity index (χ1v) is 6.71. The maximum absolute atomic E-state index is 4.47. The van der Waals surface area contributed by atoms with Crippen molar-refractivity contribution in [1.29, 1.82) is 0 Å². The lowest BCUT2D eigenvalue weighted by molar-refractivity contribution is 1.07. The average Bonchev–Trinajstić information content (AvgIpc) is 3.05. The van der Waals surface area contributed by atoms with Gasteiger partial charge >= 0.3 is 0 Å². The van der Waals surface area contributed by atoms with Gasteiger partial charge in [-0.25, -0.2) is 15.0 Å². The summed E-state index contributed by atoms with van der Waals surface area (Å²) in [5.41, 5.74) is 3.08. The Labute approximate surface area is 121 Å². The molecular formula is C17H12N4. The van der Waals surface area contributed by atoms with Gasteiger partial charge in [-0.15, -0.1) is 0 Å². The molecule has 0 N–H and O–H groups in total. The normalized spacial score (nSPS) is 10.9. The summed E-state index contributed by atoms with van der Waals surface area (Å²) in [4.78, 5) is 12.8. The highest BCUT2D eigenvalue weighted by atomic mass is 15.1. The molecule has 21 heavy (non-hydrogen) atoms. The van der Waals surface area contributed by atoms with Crippen molar-refractivity contribution < 1.29 is 0 Å². The summed E-state index contributed by atoms with van der Waals surface area (Å²) in [5.74, 6) is 0.923. The van der Waals surface area contributed by atoms with Crippen molar-refractivity contribution in [3.05, 3.63) is 73.4 Å². The van der Waals surface area contributed by atoms with Crippen LogP contribution in [0.1, 0.15) is 0 Å². The predicted molar refractivity (Wildman–Crippen MR) is 82.1 cm³/mol. The number of fused-ring (bicyclic) bond motifs is 1. The Morgan fingerprint density at radius 2 is 1.81 bits per heavy atom. The highest BCUT2D eigenvalue weighted by Gasteiger charge is 2.07. The molecule has 0 saturated carbocycles. The van der Waals surface area contributed by atoms with Gasteiger partial charge in [0.2, 0.25) is 0 Å². The second kappa shape index (κ2) is 4.83. The maximum atomic E-state index is 4.47. The average molecular weight is 272 g/mol. The fourth-order valence-electron chi connectivity index (χ4n) is 2.43. The van der Waals surface area contributed by atoms with Crippen molar-refractivity contribution in [3.8, 4) is 17.1 Å². The zero-order valence-corrected chi connectivity index (χ0v) is 11.2. The van der Waals surface area contributed by atoms with E-state index in [0.717, 1.165) is 28.0 Å². The Bertz CT molecular complexity index is 897. The van der Waals surface area contributed by atoms with Gasteiger partial charge in [0, 0.05) is 35.2 Å². The van der Waals surface area contributed by atoms with E-state index in [0.29, 0.717) is 0 Å². The molecule has 0 radical (unpaired) electrons. The molecule has 4 nitrogen and oxygen atoms in total. The lowest BCUT2D eigenvalue weighted by Gasteiger charge is -2.08. The van der Waals surface area contributed by atoms with Crippen LogP contribution in [-0.2, 0) is 0 Å². The second-order valence-corrected chi connectivity index (χ2v) is 4.75. The third-order valence-electron chi connectivity index (χ3n) is 3.44. The molecule has 2 aromatic heterocycles. The Hall–Kier alpha value is -3.01. The smallest absolute Gasteiger partial charge is 0.144 e. The summed E-state index contributed by atoms with van der Waals surface area (Å²) >= 11 is 0. The highest BCUT2D eigenvalue weighted by molar-refractivity contribution is 5.80. The van der Waals surface area contributed by atoms with Crippen LogP contribution in [0.25, 0.3) is 28.0 Å². The molecule has 0 spiro atoms. The third kappa shape index (κ3) is 2.07. The SMILES string of the molecule is c1ccc(-c2nccn2-c2ccc3ncncc3c2)cc1. The monoisotopic (exact) mass is 272 g/mol. The molecule has 100 valence electrons. The van der Waals surface area contributed by atoms with Crippen LogP contribution in [0.5, 0.6) is 0 Å². The van der Waals surface area contributed by atoms with Crippen LogP contribution in [0.4, 0.5) is 0 Å². The molecule has 4 rings (SSSR count). The number of aromatic nitrogens is 4. The van der Waals surface area contributed by atoms with Crippen LogP contribution in [0.3, 0.4) is 0 Å². The van der Waals surface area contributed by atoms with Crippen molar-refractivity contribution in [3.63, 3.8) is 0 Å². The van der Waals surface area contributed by atoms with Gasteiger partial charge in [0.05, 0.1) is 5.52 Å². The number of imidazole rings is 1. The molecule has 0 aliphatic carbocycles. The first-order chi connectivity index (χ1) is 10.4. The van der Waals surface area contributed by atoms with Crippen molar-refractivity contribution in [2.45, 2.75) is 0 Å². The van der Waals surface area contributed by atoms with E-state index in [1.807, 2.05) is 48.9 Å². The molecule has 0 atom stereocenters. The number of nitrogens with zero attached hydrogens (tertiary/aromatic N) is 4. The van der Waals surface area contributed by atoms with Gasteiger partial charge in [0.25, 0.3) is 0 Å². The van der Waals surface area contributed by atoms with E-state index in [4.69, 9.17) is 0 Å². The topological polar surface area (TPSA) is 43.6 Å². The lowest BCUT2D eigenvalue weighted by atomic mass is 10.2. The second-order valence-electron chi connectivity index (χ2n) is 4.75. The van der Waals surface area contributed by atoms with Gasteiger partial charge in [0.15, 0.2) is 0 Å². The molecule has 0 fully saturated rings. The molecule has 0 bridgehead atoms. The van der Waals surface area contributed by atoms with Crippen molar-refractivity contribution >= 4 is 10.9 Å². The minimum atomic E-state index is 0.923. The van der Waals surface area contributed by atoms with E-state index < -0.39 is 0 Å². The number of hydrogen-bond acceptors (Lipinski definition) is 3. The first kappa shape index (κ1) is 11.8. The lowest BCUT2D eigenvalue weighted by Crippen LogP contribution is -1.96. The molecular weight excluding hydrogens is 260 g/mol. The van der Waals surface area contributed by atoms with Gasteiger partial charge in [0.1, 0.15) is 12.2 Å². The van der Waals surface area contributed by atoms with Crippen LogP contribution < -0.4 is 0 Å². The van der Waals surface area contributed by atoms with Crippen LogP contribution in [0.2, 0.25) is 0 Å². The quantitative estimate of drug-likeness (QED) is 0.561. The Kier molecular flexibility index (Phi) is 2.71. The Morgan fingerprint density at radius 1 is 0.905 bits per heavy atom. The standard InChI is InChI=1S/C17H12N4/c1-2-4-13(5-3-1)17-19-8-9-21(17)15-6-7-16-14(10-15)11-18-12-20-16/h1-12H. The highest BCUT2D eigenvalue weighted by Crippen LogP contribution is 2.23. The maximum Gasteiger partial charge on any atom is 0.144 e. The van der Waals surface area contributed by atoms with Crippen LogP contribution in [0.15, 0.2) is 73.4 Å². The predicted octanol–water partition coefficient (Wildman–Crippen LogP) is 3.48. The molecule has 0 saturated heterocycles. The van der Waals surface area contributed by atoms with Crippen molar-refractivity contribution in [2.24, 2.45) is 0 Å². The fourth-order valence-corrected chi connectivity index (χ4v) is 2.43. The van der Waals surface area contributed by atoms with Gasteiger partial charge in [-0.1, -0.05) is 30.3 Å². The summed E-state index contributed by atoms with van der Waals surface area (Å²) in [5, 5.41) is 1.02. The summed E-state index contributed by atoms with van der Waals surface area (Å²) in [6.07, 6.45) is 7.17. The van der Waals surface area contributed by atoms with Crippen molar-refractivity contribution in [1.82, 2.24) is 19.5 Å². The van der Waals surface area contributed by atoms with E-state index in [2.05, 4.69) is 37.7 Å². The minimum absolute atomic E-state index is 0.923. The summed E-state index contributed by atoms with van der Waals surface area (Å²) in [7, 11) is 0. The Morgan fingerprint density at radius 3 is 2.71 bits per heavy atom. The minimum Gasteiger partial charge on any atom is -0.300 e. The van der Waals surface area contributed by atoms with Gasteiger partial charge in [-0.05, 0) is 18.2 Å². The van der Waals surface area contributed by atoms with Crippen LogP contribution in [0, 0.1) is 0 Å². The molecule has 2 heterocycles. The molecule has 4 aromatic rings. The van der Waals surface area contributed by atoms with Gasteiger partial charge in [-0.2, -0.15) is 0 Å². The molecule has 0 aliphatic rings. The summed E-state index contributed by atoms with van der Waals surface area (Å²) < 4.78 is 2.07. The summed E-state index contributed by atoms with van der Waals surface area (Å²) in [6, 6.07) is 16.3. The first-order valence-electron chi connectivity index (χ1n) is 6.71. The van der Waals surface area contributed by atoms with E-state index in [1.165, 1.54) is 0 Å². The number of benzene rings is 2. The van der Waals surface area contributed by atoms with E-state index >= 15 is 0 Å². The number of hydrogen-bond donors (Lipinski definition) is 0. The van der Waals surface area contributed by atoms with Crippen molar-refractivity contribution in [2.75, 3.05) is 0 Å².